The molecule has 0 aromatic heterocycles. The Balaban J connectivity index is 1.46. The highest BCUT2D eigenvalue weighted by molar-refractivity contribution is 7.92. The van der Waals surface area contributed by atoms with E-state index in [0.29, 0.717) is 30.8 Å². The van der Waals surface area contributed by atoms with E-state index in [0.717, 1.165) is 11.3 Å². The van der Waals surface area contributed by atoms with Crippen molar-refractivity contribution in [3.63, 3.8) is 0 Å². The molecule has 3 aromatic rings. The van der Waals surface area contributed by atoms with Crippen LogP contribution in [0.2, 0.25) is 0 Å². The number of sulfonamides is 1. The fraction of sp³-hybridized carbons (Fsp3) is 0.240. The average molecular weight is 450 g/mol. The van der Waals surface area contributed by atoms with Gasteiger partial charge in [-0.25, -0.2) is 8.42 Å². The molecule has 1 unspecified atom stereocenters. The summed E-state index contributed by atoms with van der Waals surface area (Å²) in [5, 5.41) is 2.92. The number of hydrogen-bond acceptors (Lipinski definition) is 4. The van der Waals surface area contributed by atoms with Crippen molar-refractivity contribution in [3.8, 4) is 0 Å². The number of nitrogens with one attached hydrogen (secondary N) is 1. The second kappa shape index (κ2) is 9.04. The molecule has 1 heterocycles. The molecule has 1 aliphatic rings. The zero-order valence-corrected chi connectivity index (χ0v) is 19.0. The highest BCUT2D eigenvalue weighted by atomic mass is 32.2. The molecule has 0 spiro atoms. The van der Waals surface area contributed by atoms with Gasteiger partial charge in [0.05, 0.1) is 10.6 Å². The average Bonchev–Trinajstić information content (AvgIpc) is 3.27. The molecule has 0 radical (unpaired) electrons. The first-order chi connectivity index (χ1) is 15.4. The lowest BCUT2D eigenvalue weighted by atomic mass is 10.2. The van der Waals surface area contributed by atoms with Crippen LogP contribution < -0.4 is 14.5 Å². The summed E-state index contributed by atoms with van der Waals surface area (Å²) in [6.45, 7) is 2.86. The van der Waals surface area contributed by atoms with Gasteiger partial charge in [0, 0.05) is 37.4 Å². The van der Waals surface area contributed by atoms with E-state index in [1.54, 1.807) is 18.2 Å². The van der Waals surface area contributed by atoms with Gasteiger partial charge in [0.2, 0.25) is 0 Å². The molecule has 4 rings (SSSR count). The molecular formula is C25H27N3O3S. The van der Waals surface area contributed by atoms with Crippen LogP contribution in [0.3, 0.4) is 0 Å². The Hall–Kier alpha value is -3.32. The minimum atomic E-state index is -3.74. The number of fused-ring (bicyclic) bond motifs is 1. The lowest BCUT2D eigenvalue weighted by Gasteiger charge is -2.27. The van der Waals surface area contributed by atoms with Crippen molar-refractivity contribution in [2.75, 3.05) is 29.3 Å². The van der Waals surface area contributed by atoms with Crippen molar-refractivity contribution < 1.29 is 13.2 Å². The van der Waals surface area contributed by atoms with Gasteiger partial charge in [0.15, 0.2) is 0 Å². The van der Waals surface area contributed by atoms with Crippen LogP contribution in [-0.2, 0) is 16.4 Å². The minimum absolute atomic E-state index is 0.0642. The van der Waals surface area contributed by atoms with Crippen LogP contribution >= 0.6 is 0 Å². The summed E-state index contributed by atoms with van der Waals surface area (Å²) >= 11 is 0. The molecule has 0 bridgehead atoms. The Kier molecular flexibility index (Phi) is 6.19. The van der Waals surface area contributed by atoms with E-state index in [1.165, 1.54) is 10.4 Å². The highest BCUT2D eigenvalue weighted by Crippen LogP contribution is 2.32. The maximum Gasteiger partial charge on any atom is 0.264 e. The molecule has 3 aromatic carbocycles. The highest BCUT2D eigenvalue weighted by Gasteiger charge is 2.31. The van der Waals surface area contributed by atoms with E-state index in [1.807, 2.05) is 68.6 Å². The molecule has 32 heavy (non-hydrogen) atoms. The maximum atomic E-state index is 13.3. The van der Waals surface area contributed by atoms with E-state index in [-0.39, 0.29) is 16.8 Å². The van der Waals surface area contributed by atoms with E-state index >= 15 is 0 Å². The number of nitrogens with zero attached hydrogens (tertiary/aromatic N) is 2. The van der Waals surface area contributed by atoms with E-state index in [4.69, 9.17) is 0 Å². The number of likely N-dealkylation sites (N-methyl/N-ethyl adjacent to an activating group) is 1. The van der Waals surface area contributed by atoms with Crippen LogP contribution in [0.25, 0.3) is 0 Å². The number of anilines is 2. The Labute approximate surface area is 189 Å². The first kappa shape index (κ1) is 21.9. The molecule has 6 nitrogen and oxygen atoms in total. The van der Waals surface area contributed by atoms with Crippen LogP contribution in [-0.4, -0.2) is 40.5 Å². The van der Waals surface area contributed by atoms with Crippen LogP contribution in [0.5, 0.6) is 0 Å². The van der Waals surface area contributed by atoms with Gasteiger partial charge >= 0.3 is 0 Å². The summed E-state index contributed by atoms with van der Waals surface area (Å²) in [6.07, 6.45) is 0.683. The fourth-order valence-corrected chi connectivity index (χ4v) is 5.43. The number of amides is 1. The second-order valence-corrected chi connectivity index (χ2v) is 9.85. The van der Waals surface area contributed by atoms with Crippen LogP contribution in [0.15, 0.2) is 83.8 Å². The third kappa shape index (κ3) is 4.34. The van der Waals surface area contributed by atoms with Crippen LogP contribution in [0.4, 0.5) is 11.4 Å². The van der Waals surface area contributed by atoms with Gasteiger partial charge in [-0.05, 0) is 55.3 Å². The van der Waals surface area contributed by atoms with E-state index in [2.05, 4.69) is 10.2 Å². The fourth-order valence-electron chi connectivity index (χ4n) is 3.88. The van der Waals surface area contributed by atoms with E-state index in [9.17, 15) is 13.2 Å². The Bertz CT molecular complexity index is 1210. The van der Waals surface area contributed by atoms with Crippen LogP contribution in [0.1, 0.15) is 22.8 Å². The smallest absolute Gasteiger partial charge is 0.264 e. The molecule has 1 N–H and O–H groups in total. The van der Waals surface area contributed by atoms with Crippen molar-refractivity contribution in [3.05, 3.63) is 90.0 Å². The lowest BCUT2D eigenvalue weighted by Crippen LogP contribution is -2.40. The van der Waals surface area contributed by atoms with Gasteiger partial charge in [0.25, 0.3) is 15.9 Å². The van der Waals surface area contributed by atoms with Gasteiger partial charge in [-0.2, -0.15) is 0 Å². The largest absolute Gasteiger partial charge is 0.370 e. The normalized spacial score (nSPS) is 14.0. The molecule has 1 amide bonds. The Morgan fingerprint density at radius 2 is 1.75 bits per heavy atom. The summed E-state index contributed by atoms with van der Waals surface area (Å²) in [4.78, 5) is 15.0. The van der Waals surface area contributed by atoms with Gasteiger partial charge < -0.3 is 10.2 Å². The van der Waals surface area contributed by atoms with Gasteiger partial charge in [-0.15, -0.1) is 0 Å². The summed E-state index contributed by atoms with van der Waals surface area (Å²) in [7, 11) is -1.76. The molecular weight excluding hydrogens is 422 g/mol. The van der Waals surface area contributed by atoms with Gasteiger partial charge in [-0.1, -0.05) is 42.5 Å². The zero-order valence-electron chi connectivity index (χ0n) is 18.2. The standard InChI is InChI=1S/C25H27N3O3S/c1-19(27(2)22-11-4-3-5-12-22)18-26-25(29)21-10-8-13-23(17-21)32(30,31)28-16-15-20-9-6-7-14-24(20)28/h3-14,17,19H,15-16,18H2,1-2H3,(H,26,29). The third-order valence-corrected chi connectivity index (χ3v) is 7.72. The Morgan fingerprint density at radius 3 is 2.53 bits per heavy atom. The van der Waals surface area contributed by atoms with Crippen molar-refractivity contribution in [1.82, 2.24) is 5.32 Å². The number of hydrogen-bond donors (Lipinski definition) is 1. The SMILES string of the molecule is CC(CNC(=O)c1cccc(S(=O)(=O)N2CCc3ccccc32)c1)N(C)c1ccccc1. The number of benzene rings is 3. The molecule has 7 heteroatoms. The first-order valence-corrected chi connectivity index (χ1v) is 12.1. The quantitative estimate of drug-likeness (QED) is 0.597. The molecule has 0 saturated carbocycles. The summed E-state index contributed by atoms with van der Waals surface area (Å²) in [6, 6.07) is 23.8. The molecule has 0 saturated heterocycles. The number of rotatable bonds is 7. The third-order valence-electron chi connectivity index (χ3n) is 5.91. The van der Waals surface area contributed by atoms with Crippen molar-refractivity contribution in [1.29, 1.82) is 0 Å². The number of carbonyl (C=O) groups is 1. The predicted octanol–water partition coefficient (Wildman–Crippen LogP) is 3.69. The van der Waals surface area contributed by atoms with Crippen molar-refractivity contribution in [2.24, 2.45) is 0 Å². The molecule has 1 aliphatic heterocycles. The maximum absolute atomic E-state index is 13.3. The zero-order chi connectivity index (χ0) is 22.7. The Morgan fingerprint density at radius 1 is 1.03 bits per heavy atom. The summed E-state index contributed by atoms with van der Waals surface area (Å²) in [5.41, 5.74) is 3.11. The molecule has 1 atom stereocenters. The topological polar surface area (TPSA) is 69.7 Å². The molecule has 0 fully saturated rings. The van der Waals surface area contributed by atoms with Crippen LogP contribution in [0, 0.1) is 0 Å². The summed E-state index contributed by atoms with van der Waals surface area (Å²) < 4.78 is 28.0. The van der Waals surface area contributed by atoms with E-state index < -0.39 is 10.0 Å². The second-order valence-electron chi connectivity index (χ2n) is 7.99. The van der Waals surface area contributed by atoms with Gasteiger partial charge in [-0.3, -0.25) is 9.10 Å². The molecule has 166 valence electrons. The molecule has 0 aliphatic carbocycles. The van der Waals surface area contributed by atoms with Gasteiger partial charge in [0.1, 0.15) is 0 Å². The number of carbonyl (C=O) groups excluding carboxylic acids is 1. The first-order valence-electron chi connectivity index (χ1n) is 10.6. The monoisotopic (exact) mass is 449 g/mol. The summed E-state index contributed by atoms with van der Waals surface area (Å²) in [5.74, 6) is -0.294. The van der Waals surface area contributed by atoms with Crippen molar-refractivity contribution >= 4 is 27.3 Å². The van der Waals surface area contributed by atoms with Crippen molar-refractivity contribution in [2.45, 2.75) is 24.3 Å². The minimum Gasteiger partial charge on any atom is -0.370 e. The number of para-hydroxylation sites is 2. The predicted molar refractivity (Wildman–Crippen MR) is 128 cm³/mol. The lowest BCUT2D eigenvalue weighted by molar-refractivity contribution is 0.0951.